The summed E-state index contributed by atoms with van der Waals surface area (Å²) in [5.74, 6) is 0.333. The molecule has 1 aromatic heterocycles. The largest absolute Gasteiger partial charge is 0.350 e. The second-order valence-corrected chi connectivity index (χ2v) is 5.76. The number of hydrogen-bond donors (Lipinski definition) is 2. The maximum atomic E-state index is 12.0. The number of carbonyl (C=O) groups is 1. The predicted molar refractivity (Wildman–Crippen MR) is 74.3 cm³/mol. The lowest BCUT2D eigenvalue weighted by atomic mass is 10.1. The number of H-pyrrole nitrogens is 1. The summed E-state index contributed by atoms with van der Waals surface area (Å²) in [6, 6.07) is 7.81. The molecule has 0 aliphatic carbocycles. The number of aryl methyl sites for hydroxylation is 1. The summed E-state index contributed by atoms with van der Waals surface area (Å²) in [7, 11) is -0.883. The van der Waals surface area contributed by atoms with Gasteiger partial charge in [-0.15, -0.1) is 0 Å². The molecule has 0 bridgehead atoms. The Hall–Kier alpha value is -1.62. The van der Waals surface area contributed by atoms with Crippen LogP contribution in [-0.2, 0) is 10.8 Å². The van der Waals surface area contributed by atoms with E-state index in [4.69, 9.17) is 0 Å². The first-order valence-corrected chi connectivity index (χ1v) is 7.48. The summed E-state index contributed by atoms with van der Waals surface area (Å²) in [6.45, 7) is 2.35. The van der Waals surface area contributed by atoms with Gasteiger partial charge in [0.05, 0.1) is 0 Å². The van der Waals surface area contributed by atoms with Crippen molar-refractivity contribution in [3.05, 3.63) is 35.5 Å². The maximum absolute atomic E-state index is 12.0. The van der Waals surface area contributed by atoms with Crippen molar-refractivity contribution in [3.8, 4) is 0 Å². The molecule has 2 aromatic rings. The summed E-state index contributed by atoms with van der Waals surface area (Å²) in [6.07, 6.45) is 1.63. The Morgan fingerprint density at radius 3 is 2.78 bits per heavy atom. The number of hydrogen-bond acceptors (Lipinski definition) is 2. The quantitative estimate of drug-likeness (QED) is 0.881. The number of benzene rings is 1. The Kier molecular flexibility index (Phi) is 3.81. The van der Waals surface area contributed by atoms with E-state index in [0.29, 0.717) is 18.0 Å². The Bertz CT molecular complexity index is 604. The molecule has 2 rings (SSSR count). The van der Waals surface area contributed by atoms with Crippen LogP contribution >= 0.6 is 0 Å². The molecule has 1 aromatic carbocycles. The summed E-state index contributed by atoms with van der Waals surface area (Å²) < 4.78 is 10.9. The van der Waals surface area contributed by atoms with Gasteiger partial charge in [0.15, 0.2) is 0 Å². The summed E-state index contributed by atoms with van der Waals surface area (Å²) >= 11 is 0. The van der Waals surface area contributed by atoms with Gasteiger partial charge in [0.25, 0.3) is 5.91 Å². The molecule has 4 nitrogen and oxygen atoms in total. The molecule has 18 heavy (non-hydrogen) atoms. The normalized spacial score (nSPS) is 12.6. The van der Waals surface area contributed by atoms with Crippen LogP contribution in [0.15, 0.2) is 24.3 Å². The molecule has 1 heterocycles. The molecule has 1 amide bonds. The standard InChI is InChI=1S/C13H16N2O2S/c1-9-10-5-3-4-6-11(10)15-12(9)13(16)14-7-8-18(2)17/h3-6,15H,7-8H2,1-2H3,(H,14,16)/t18-/m1/s1. The first-order chi connectivity index (χ1) is 8.59. The van der Waals surface area contributed by atoms with Crippen LogP contribution in [-0.4, -0.2) is 33.7 Å². The second-order valence-electron chi connectivity index (χ2n) is 4.20. The van der Waals surface area contributed by atoms with Crippen molar-refractivity contribution in [3.63, 3.8) is 0 Å². The van der Waals surface area contributed by atoms with Gasteiger partial charge in [0, 0.05) is 40.3 Å². The van der Waals surface area contributed by atoms with Crippen LogP contribution in [0.3, 0.4) is 0 Å². The Balaban J connectivity index is 2.17. The highest BCUT2D eigenvalue weighted by atomic mass is 32.2. The first kappa shape index (κ1) is 12.8. The molecular formula is C13H16N2O2S. The van der Waals surface area contributed by atoms with Gasteiger partial charge < -0.3 is 10.3 Å². The fourth-order valence-electron chi connectivity index (χ4n) is 1.91. The first-order valence-electron chi connectivity index (χ1n) is 5.75. The molecule has 0 unspecified atom stereocenters. The zero-order valence-corrected chi connectivity index (χ0v) is 11.3. The van der Waals surface area contributed by atoms with Crippen molar-refractivity contribution in [1.29, 1.82) is 0 Å². The fraction of sp³-hybridized carbons (Fsp3) is 0.308. The average molecular weight is 264 g/mol. The number of para-hydroxylation sites is 1. The topological polar surface area (TPSA) is 62.0 Å². The summed E-state index contributed by atoms with van der Waals surface area (Å²) in [4.78, 5) is 15.1. The summed E-state index contributed by atoms with van der Waals surface area (Å²) in [5, 5.41) is 3.83. The van der Waals surface area contributed by atoms with Gasteiger partial charge in [-0.3, -0.25) is 9.00 Å². The third-order valence-electron chi connectivity index (χ3n) is 2.87. The van der Waals surface area contributed by atoms with Crippen LogP contribution in [0.2, 0.25) is 0 Å². The van der Waals surface area contributed by atoms with Gasteiger partial charge in [-0.25, -0.2) is 0 Å². The minimum atomic E-state index is -0.883. The van der Waals surface area contributed by atoms with E-state index in [0.717, 1.165) is 16.5 Å². The molecule has 0 saturated heterocycles. The fourth-order valence-corrected chi connectivity index (χ4v) is 2.30. The van der Waals surface area contributed by atoms with Gasteiger partial charge in [-0.05, 0) is 18.6 Å². The van der Waals surface area contributed by atoms with E-state index in [1.807, 2.05) is 31.2 Å². The van der Waals surface area contributed by atoms with E-state index in [1.165, 1.54) is 0 Å². The van der Waals surface area contributed by atoms with Crippen molar-refractivity contribution in [2.75, 3.05) is 18.6 Å². The molecule has 1 atom stereocenters. The van der Waals surface area contributed by atoms with Gasteiger partial charge in [-0.2, -0.15) is 0 Å². The van der Waals surface area contributed by atoms with Crippen LogP contribution in [0.1, 0.15) is 16.1 Å². The molecule has 0 aliphatic heterocycles. The van der Waals surface area contributed by atoms with E-state index in [1.54, 1.807) is 6.26 Å². The van der Waals surface area contributed by atoms with Crippen LogP contribution < -0.4 is 5.32 Å². The number of rotatable bonds is 4. The third-order valence-corrected chi connectivity index (χ3v) is 3.65. The van der Waals surface area contributed by atoms with Crippen LogP contribution in [0.4, 0.5) is 0 Å². The number of aromatic nitrogens is 1. The van der Waals surface area contributed by atoms with E-state index in [-0.39, 0.29) is 5.91 Å². The minimum absolute atomic E-state index is 0.144. The zero-order chi connectivity index (χ0) is 13.1. The Morgan fingerprint density at radius 2 is 2.11 bits per heavy atom. The minimum Gasteiger partial charge on any atom is -0.350 e. The lowest BCUT2D eigenvalue weighted by Crippen LogP contribution is -2.28. The van der Waals surface area contributed by atoms with E-state index in [2.05, 4.69) is 10.3 Å². The lowest BCUT2D eigenvalue weighted by molar-refractivity contribution is 0.0951. The van der Waals surface area contributed by atoms with Crippen molar-refractivity contribution < 1.29 is 9.00 Å². The molecule has 5 heteroatoms. The van der Waals surface area contributed by atoms with E-state index >= 15 is 0 Å². The van der Waals surface area contributed by atoms with Crippen molar-refractivity contribution in [1.82, 2.24) is 10.3 Å². The van der Waals surface area contributed by atoms with Gasteiger partial charge in [-0.1, -0.05) is 18.2 Å². The van der Waals surface area contributed by atoms with Gasteiger partial charge in [0.1, 0.15) is 5.69 Å². The number of amides is 1. The number of fused-ring (bicyclic) bond motifs is 1. The molecular weight excluding hydrogens is 248 g/mol. The second kappa shape index (κ2) is 5.35. The Labute approximate surface area is 108 Å². The zero-order valence-electron chi connectivity index (χ0n) is 10.4. The molecule has 0 radical (unpaired) electrons. The third kappa shape index (κ3) is 2.61. The van der Waals surface area contributed by atoms with E-state index < -0.39 is 10.8 Å². The molecule has 96 valence electrons. The van der Waals surface area contributed by atoms with E-state index in [9.17, 15) is 9.00 Å². The molecule has 0 fully saturated rings. The highest BCUT2D eigenvalue weighted by molar-refractivity contribution is 7.84. The smallest absolute Gasteiger partial charge is 0.268 e. The maximum Gasteiger partial charge on any atom is 0.268 e. The van der Waals surface area contributed by atoms with Gasteiger partial charge in [0.2, 0.25) is 0 Å². The molecule has 0 spiro atoms. The number of carbonyl (C=O) groups excluding carboxylic acids is 1. The van der Waals surface area contributed by atoms with Crippen molar-refractivity contribution in [2.45, 2.75) is 6.92 Å². The average Bonchev–Trinajstić information content (AvgIpc) is 2.67. The molecule has 0 aliphatic rings. The van der Waals surface area contributed by atoms with Crippen molar-refractivity contribution >= 4 is 27.6 Å². The van der Waals surface area contributed by atoms with Crippen LogP contribution in [0.5, 0.6) is 0 Å². The van der Waals surface area contributed by atoms with Crippen LogP contribution in [0.25, 0.3) is 10.9 Å². The highest BCUT2D eigenvalue weighted by Crippen LogP contribution is 2.20. The number of nitrogens with one attached hydrogen (secondary N) is 2. The van der Waals surface area contributed by atoms with Crippen molar-refractivity contribution in [2.24, 2.45) is 0 Å². The Morgan fingerprint density at radius 1 is 1.39 bits per heavy atom. The van der Waals surface area contributed by atoms with Crippen LogP contribution in [0, 0.1) is 6.92 Å². The molecule has 0 saturated carbocycles. The SMILES string of the molecule is Cc1c(C(=O)NCC[S@@](C)=O)[nH]c2ccccc12. The monoisotopic (exact) mass is 264 g/mol. The number of aromatic amines is 1. The predicted octanol–water partition coefficient (Wildman–Crippen LogP) is 1.58. The molecule has 2 N–H and O–H groups in total. The van der Waals surface area contributed by atoms with Gasteiger partial charge >= 0.3 is 0 Å². The lowest BCUT2D eigenvalue weighted by Gasteiger charge is -2.03. The summed E-state index contributed by atoms with van der Waals surface area (Å²) in [5.41, 5.74) is 2.48. The highest BCUT2D eigenvalue weighted by Gasteiger charge is 2.13.